The molecule has 2 aromatic rings. The molecule has 8 heteroatoms. The molecule has 0 spiro atoms. The topological polar surface area (TPSA) is 91.9 Å². The van der Waals surface area contributed by atoms with Crippen LogP contribution >= 0.6 is 0 Å². The van der Waals surface area contributed by atoms with Crippen LogP contribution in [0.1, 0.15) is 13.8 Å². The summed E-state index contributed by atoms with van der Waals surface area (Å²) in [5, 5.41) is 8.95. The number of amides is 2. The predicted octanol–water partition coefficient (Wildman–Crippen LogP) is 2.80. The minimum atomic E-state index is -0.437. The van der Waals surface area contributed by atoms with E-state index >= 15 is 0 Å². The van der Waals surface area contributed by atoms with Crippen LogP contribution in [0.3, 0.4) is 0 Å². The number of hydrogen-bond donors (Lipinski definition) is 3. The summed E-state index contributed by atoms with van der Waals surface area (Å²) in [5.74, 6) is 0.571. The van der Waals surface area contributed by atoms with Gasteiger partial charge in [0.2, 0.25) is 11.8 Å². The van der Waals surface area contributed by atoms with E-state index in [9.17, 15) is 9.59 Å². The zero-order valence-corrected chi connectivity index (χ0v) is 18.0. The lowest BCUT2D eigenvalue weighted by Crippen LogP contribution is -2.41. The largest absolute Gasteiger partial charge is 0.494 e. The normalized spacial score (nSPS) is 15.0. The van der Waals surface area contributed by atoms with E-state index in [0.717, 1.165) is 30.2 Å². The number of hydrogen-bond acceptors (Lipinski definition) is 6. The Bertz CT molecular complexity index is 849. The first kappa shape index (κ1) is 22.6. The third-order valence-electron chi connectivity index (χ3n) is 4.85. The molecule has 0 aliphatic carbocycles. The van der Waals surface area contributed by atoms with E-state index in [0.29, 0.717) is 32.1 Å². The molecule has 2 amide bonds. The quantitative estimate of drug-likeness (QED) is 0.571. The van der Waals surface area contributed by atoms with Gasteiger partial charge in [-0.25, -0.2) is 0 Å². The average molecular weight is 427 g/mol. The third kappa shape index (κ3) is 7.27. The van der Waals surface area contributed by atoms with Crippen LogP contribution in [0.4, 0.5) is 17.1 Å². The van der Waals surface area contributed by atoms with Crippen LogP contribution in [0.5, 0.6) is 5.75 Å². The van der Waals surface area contributed by atoms with Gasteiger partial charge in [-0.3, -0.25) is 14.5 Å². The number of rotatable bonds is 9. The van der Waals surface area contributed by atoms with Crippen LogP contribution in [0.25, 0.3) is 0 Å². The van der Waals surface area contributed by atoms with E-state index in [-0.39, 0.29) is 11.8 Å². The van der Waals surface area contributed by atoms with Gasteiger partial charge >= 0.3 is 0 Å². The fraction of sp³-hybridized carbons (Fsp3) is 0.391. The monoisotopic (exact) mass is 426 g/mol. The van der Waals surface area contributed by atoms with Gasteiger partial charge in [-0.1, -0.05) is 0 Å². The Morgan fingerprint density at radius 3 is 2.19 bits per heavy atom. The molecule has 1 aliphatic heterocycles. The second kappa shape index (κ2) is 11.3. The fourth-order valence-electron chi connectivity index (χ4n) is 3.18. The Morgan fingerprint density at radius 2 is 1.55 bits per heavy atom. The lowest BCUT2D eigenvalue weighted by Gasteiger charge is -2.25. The summed E-state index contributed by atoms with van der Waals surface area (Å²) in [5.41, 5.74) is 2.22. The first-order valence-electron chi connectivity index (χ1n) is 10.5. The Hall–Kier alpha value is -3.10. The number of nitrogens with zero attached hydrogens (tertiary/aromatic N) is 1. The predicted molar refractivity (Wildman–Crippen MR) is 122 cm³/mol. The zero-order chi connectivity index (χ0) is 22.1. The highest BCUT2D eigenvalue weighted by atomic mass is 16.5. The van der Waals surface area contributed by atoms with Crippen LogP contribution in [-0.4, -0.2) is 62.2 Å². The molecule has 1 saturated heterocycles. The Labute approximate surface area is 182 Å². The highest BCUT2D eigenvalue weighted by Crippen LogP contribution is 2.17. The number of anilines is 3. The molecular formula is C23H30N4O4. The zero-order valence-electron chi connectivity index (χ0n) is 18.0. The van der Waals surface area contributed by atoms with Crippen molar-refractivity contribution in [1.82, 2.24) is 4.90 Å². The van der Waals surface area contributed by atoms with Gasteiger partial charge in [0.05, 0.1) is 26.4 Å². The lowest BCUT2D eigenvalue weighted by molar-refractivity contribution is -0.118. The van der Waals surface area contributed by atoms with Crippen LogP contribution < -0.4 is 20.7 Å². The summed E-state index contributed by atoms with van der Waals surface area (Å²) in [6.45, 7) is 7.54. The lowest BCUT2D eigenvalue weighted by atomic mass is 10.2. The number of carbonyl (C=O) groups excluding carboxylic acids is 2. The van der Waals surface area contributed by atoms with Gasteiger partial charge in [0.15, 0.2) is 0 Å². The Balaban J connectivity index is 1.45. The van der Waals surface area contributed by atoms with Gasteiger partial charge in [-0.2, -0.15) is 0 Å². The summed E-state index contributed by atoms with van der Waals surface area (Å²) in [6.07, 6.45) is 0. The van der Waals surface area contributed by atoms with E-state index in [4.69, 9.17) is 9.47 Å². The molecule has 1 heterocycles. The molecule has 31 heavy (non-hydrogen) atoms. The molecule has 166 valence electrons. The van der Waals surface area contributed by atoms with Gasteiger partial charge in [0, 0.05) is 30.2 Å². The summed E-state index contributed by atoms with van der Waals surface area (Å²) >= 11 is 0. The van der Waals surface area contributed by atoms with Gasteiger partial charge in [-0.15, -0.1) is 0 Å². The molecule has 0 aromatic heterocycles. The molecule has 1 atom stereocenters. The van der Waals surface area contributed by atoms with Crippen LogP contribution in [-0.2, 0) is 14.3 Å². The minimum absolute atomic E-state index is 0.0503. The van der Waals surface area contributed by atoms with E-state index in [1.807, 2.05) is 55.5 Å². The SMILES string of the molecule is CCOc1ccc(NC(=O)C(C)Nc2ccc(NC(=O)CN3CCOCC3)cc2)cc1. The van der Waals surface area contributed by atoms with Gasteiger partial charge in [0.25, 0.3) is 0 Å². The number of nitrogens with one attached hydrogen (secondary N) is 3. The van der Waals surface area contributed by atoms with Crippen molar-refractivity contribution in [3.8, 4) is 5.75 Å². The van der Waals surface area contributed by atoms with Crippen LogP contribution in [0.2, 0.25) is 0 Å². The van der Waals surface area contributed by atoms with Gasteiger partial charge < -0.3 is 25.4 Å². The molecular weight excluding hydrogens is 396 g/mol. The number of morpholine rings is 1. The first-order chi connectivity index (χ1) is 15.0. The highest BCUT2D eigenvalue weighted by molar-refractivity contribution is 5.96. The molecule has 0 radical (unpaired) electrons. The maximum absolute atomic E-state index is 12.5. The molecule has 1 fully saturated rings. The van der Waals surface area contributed by atoms with Crippen molar-refractivity contribution >= 4 is 28.9 Å². The van der Waals surface area contributed by atoms with Crippen molar-refractivity contribution < 1.29 is 19.1 Å². The van der Waals surface area contributed by atoms with E-state index in [2.05, 4.69) is 20.9 Å². The second-order valence-electron chi connectivity index (χ2n) is 7.33. The molecule has 0 bridgehead atoms. The molecule has 1 unspecified atom stereocenters. The Kier molecular flexibility index (Phi) is 8.26. The molecule has 2 aromatic carbocycles. The van der Waals surface area contributed by atoms with Crippen molar-refractivity contribution in [2.75, 3.05) is 55.4 Å². The van der Waals surface area contributed by atoms with Gasteiger partial charge in [-0.05, 0) is 62.4 Å². The standard InChI is InChI=1S/C23H30N4O4/c1-3-31-21-10-8-20(9-11-21)26-23(29)17(2)24-18-4-6-19(7-5-18)25-22(28)16-27-12-14-30-15-13-27/h4-11,17,24H,3,12-16H2,1-2H3,(H,25,28)(H,26,29). The number of benzene rings is 2. The average Bonchev–Trinajstić information content (AvgIpc) is 2.77. The number of carbonyl (C=O) groups is 2. The maximum Gasteiger partial charge on any atom is 0.246 e. The van der Waals surface area contributed by atoms with E-state index in [1.165, 1.54) is 0 Å². The summed E-state index contributed by atoms with van der Waals surface area (Å²) in [7, 11) is 0. The van der Waals surface area contributed by atoms with Crippen molar-refractivity contribution in [1.29, 1.82) is 0 Å². The molecule has 8 nitrogen and oxygen atoms in total. The van der Waals surface area contributed by atoms with Crippen molar-refractivity contribution in [3.63, 3.8) is 0 Å². The highest BCUT2D eigenvalue weighted by Gasteiger charge is 2.15. The molecule has 3 N–H and O–H groups in total. The second-order valence-corrected chi connectivity index (χ2v) is 7.33. The van der Waals surface area contributed by atoms with Gasteiger partial charge in [0.1, 0.15) is 11.8 Å². The smallest absolute Gasteiger partial charge is 0.246 e. The summed E-state index contributed by atoms with van der Waals surface area (Å²) in [4.78, 5) is 26.7. The first-order valence-corrected chi connectivity index (χ1v) is 10.5. The van der Waals surface area contributed by atoms with E-state index in [1.54, 1.807) is 6.92 Å². The van der Waals surface area contributed by atoms with E-state index < -0.39 is 6.04 Å². The summed E-state index contributed by atoms with van der Waals surface area (Å²) < 4.78 is 10.7. The fourth-order valence-corrected chi connectivity index (χ4v) is 3.18. The minimum Gasteiger partial charge on any atom is -0.494 e. The number of ether oxygens (including phenoxy) is 2. The Morgan fingerprint density at radius 1 is 0.968 bits per heavy atom. The third-order valence-corrected chi connectivity index (χ3v) is 4.85. The molecule has 1 aliphatic rings. The summed E-state index contributed by atoms with van der Waals surface area (Å²) in [6, 6.07) is 14.1. The van der Waals surface area contributed by atoms with Crippen molar-refractivity contribution in [3.05, 3.63) is 48.5 Å². The molecule has 3 rings (SSSR count). The molecule has 0 saturated carbocycles. The van der Waals surface area contributed by atoms with Crippen LogP contribution in [0, 0.1) is 0 Å². The maximum atomic E-state index is 12.5. The van der Waals surface area contributed by atoms with Crippen molar-refractivity contribution in [2.45, 2.75) is 19.9 Å². The van der Waals surface area contributed by atoms with Crippen LogP contribution in [0.15, 0.2) is 48.5 Å². The van der Waals surface area contributed by atoms with Crippen molar-refractivity contribution in [2.24, 2.45) is 0 Å².